The summed E-state index contributed by atoms with van der Waals surface area (Å²) >= 11 is 4.56. The van der Waals surface area contributed by atoms with E-state index in [1.807, 2.05) is 0 Å². The van der Waals surface area contributed by atoms with E-state index in [9.17, 15) is 9.79 Å². The second kappa shape index (κ2) is 20.8. The molecule has 194 valence electrons. The summed E-state index contributed by atoms with van der Waals surface area (Å²) in [7, 11) is 6.26. The van der Waals surface area contributed by atoms with Crippen molar-refractivity contribution in [2.45, 2.75) is 122 Å². The van der Waals surface area contributed by atoms with Gasteiger partial charge in [0.05, 0.1) is 21.1 Å². The van der Waals surface area contributed by atoms with Crippen LogP contribution in [0.5, 0.6) is 0 Å². The fraction of sp³-hybridized carbons (Fsp3) is 1.00. The second-order valence-corrected chi connectivity index (χ2v) is 12.9. The van der Waals surface area contributed by atoms with Crippen LogP contribution in [0.4, 0.5) is 0 Å². The zero-order chi connectivity index (χ0) is 24.1. The van der Waals surface area contributed by atoms with Crippen LogP contribution in [0.15, 0.2) is 0 Å². The highest BCUT2D eigenvalue weighted by molar-refractivity contribution is 8.06. The van der Waals surface area contributed by atoms with E-state index in [-0.39, 0.29) is 12.6 Å². The van der Waals surface area contributed by atoms with Gasteiger partial charge in [-0.3, -0.25) is 0 Å². The molecular formula is C25H55NO4PS+. The number of rotatable bonds is 24. The topological polar surface area (TPSA) is 58.9 Å². The van der Waals surface area contributed by atoms with E-state index in [2.05, 4.69) is 39.9 Å². The molecule has 1 unspecified atom stereocenters. The van der Waals surface area contributed by atoms with Gasteiger partial charge in [0.15, 0.2) is 0 Å². The van der Waals surface area contributed by atoms with Gasteiger partial charge in [-0.15, -0.1) is 0 Å². The Labute approximate surface area is 205 Å². The normalized spacial score (nSPS) is 13.6. The smallest absolute Gasteiger partial charge is 0.322 e. The average molecular weight is 497 g/mol. The van der Waals surface area contributed by atoms with Crippen LogP contribution in [0.2, 0.25) is 0 Å². The number of hydrogen-bond acceptors (Lipinski definition) is 3. The molecule has 0 saturated heterocycles. The van der Waals surface area contributed by atoms with E-state index < -0.39 is 6.72 Å². The molecule has 0 heterocycles. The van der Waals surface area contributed by atoms with Crippen molar-refractivity contribution in [3.8, 4) is 0 Å². The first kappa shape index (κ1) is 32.5. The molecule has 0 saturated carbocycles. The molecule has 0 aliphatic rings. The lowest BCUT2D eigenvalue weighted by atomic mass is 10.0. The number of hydrogen-bond donors (Lipinski definition) is 2. The molecule has 7 heteroatoms. The average Bonchev–Trinajstić information content (AvgIpc) is 2.70. The van der Waals surface area contributed by atoms with Gasteiger partial charge in [-0.05, 0) is 24.6 Å². The Balaban J connectivity index is 3.42. The minimum atomic E-state index is -3.58. The Hall–Kier alpha value is 0.450. The fourth-order valence-electron chi connectivity index (χ4n) is 3.98. The molecule has 0 aliphatic heterocycles. The van der Waals surface area contributed by atoms with Crippen molar-refractivity contribution >= 4 is 18.5 Å². The molecule has 32 heavy (non-hydrogen) atoms. The lowest BCUT2D eigenvalue weighted by molar-refractivity contribution is -0.896. The Morgan fingerprint density at radius 3 is 1.50 bits per heavy atom. The summed E-state index contributed by atoms with van der Waals surface area (Å²) in [6, 6.07) is 0.172. The van der Waals surface area contributed by atoms with Crippen molar-refractivity contribution in [1.29, 1.82) is 0 Å². The van der Waals surface area contributed by atoms with Gasteiger partial charge in [0.1, 0.15) is 12.6 Å². The summed E-state index contributed by atoms with van der Waals surface area (Å²) in [5.74, 6) is 0. The van der Waals surface area contributed by atoms with Gasteiger partial charge in [0.2, 0.25) is 0 Å². The number of unbranched alkanes of at least 4 members (excludes halogenated alkanes) is 14. The maximum absolute atomic E-state index is 9.29. The molecule has 5 nitrogen and oxygen atoms in total. The minimum Gasteiger partial charge on any atom is -0.381 e. The first-order valence-electron chi connectivity index (χ1n) is 13.3. The summed E-state index contributed by atoms with van der Waals surface area (Å²) in [5.41, 5.74) is 0. The molecule has 0 radical (unpaired) electrons. The summed E-state index contributed by atoms with van der Waals surface area (Å²) in [6.45, 7) is 0.572. The highest BCUT2D eigenvalue weighted by Gasteiger charge is 2.25. The van der Waals surface area contributed by atoms with Gasteiger partial charge >= 0.3 is 6.72 Å². The SMILES string of the molecule is CCCCCCCCCCCCCCCCCOCCCC(COP(O)(O)=S)[N+](C)(C)C. The monoisotopic (exact) mass is 496 g/mol. The first-order valence-corrected chi connectivity index (χ1v) is 15.9. The molecule has 0 amide bonds. The van der Waals surface area contributed by atoms with Crippen molar-refractivity contribution in [2.75, 3.05) is 41.0 Å². The molecule has 0 bridgehead atoms. The van der Waals surface area contributed by atoms with Crippen LogP contribution >= 0.6 is 6.72 Å². The van der Waals surface area contributed by atoms with Crippen molar-refractivity contribution in [3.05, 3.63) is 0 Å². The Kier molecular flexibility index (Phi) is 21.1. The molecule has 0 spiro atoms. The van der Waals surface area contributed by atoms with Gasteiger partial charge in [-0.2, -0.15) is 0 Å². The lowest BCUT2D eigenvalue weighted by Crippen LogP contribution is -2.47. The van der Waals surface area contributed by atoms with Crippen LogP contribution in [0.25, 0.3) is 0 Å². The molecule has 0 aliphatic carbocycles. The summed E-state index contributed by atoms with van der Waals surface area (Å²) < 4.78 is 11.6. The predicted octanol–water partition coefficient (Wildman–Crippen LogP) is 6.96. The summed E-state index contributed by atoms with van der Waals surface area (Å²) in [5, 5.41) is 0. The number of ether oxygens (including phenoxy) is 1. The number of quaternary nitrogens is 1. The van der Waals surface area contributed by atoms with Crippen molar-refractivity contribution in [3.63, 3.8) is 0 Å². The van der Waals surface area contributed by atoms with Crippen molar-refractivity contribution in [2.24, 2.45) is 0 Å². The Morgan fingerprint density at radius 2 is 1.09 bits per heavy atom. The molecule has 0 fully saturated rings. The molecule has 0 aromatic rings. The van der Waals surface area contributed by atoms with Crippen LogP contribution in [-0.2, 0) is 21.1 Å². The first-order chi connectivity index (χ1) is 15.2. The Bertz CT molecular complexity index is 454. The molecule has 1 atom stereocenters. The van der Waals surface area contributed by atoms with Crippen molar-refractivity contribution in [1.82, 2.24) is 0 Å². The molecule has 0 rings (SSSR count). The van der Waals surface area contributed by atoms with Crippen LogP contribution in [-0.4, -0.2) is 61.3 Å². The quantitative estimate of drug-likeness (QED) is 0.0860. The molecular weight excluding hydrogens is 441 g/mol. The van der Waals surface area contributed by atoms with E-state index in [0.29, 0.717) is 4.48 Å². The maximum Gasteiger partial charge on any atom is 0.322 e. The third-order valence-corrected chi connectivity index (χ3v) is 7.05. The van der Waals surface area contributed by atoms with Crippen molar-refractivity contribution < 1.29 is 23.5 Å². The summed E-state index contributed by atoms with van der Waals surface area (Å²) in [4.78, 5) is 18.6. The van der Waals surface area contributed by atoms with E-state index in [0.717, 1.165) is 32.5 Å². The van der Waals surface area contributed by atoms with Gasteiger partial charge in [0, 0.05) is 19.6 Å². The number of likely N-dealkylation sites (N-methyl/N-ethyl adjacent to an activating group) is 1. The van der Waals surface area contributed by atoms with E-state index >= 15 is 0 Å². The van der Waals surface area contributed by atoms with Crippen LogP contribution in [0.3, 0.4) is 0 Å². The highest BCUT2D eigenvalue weighted by atomic mass is 32.5. The van der Waals surface area contributed by atoms with Crippen LogP contribution < -0.4 is 0 Å². The standard InChI is InChI=1S/C25H54NO4PS/c1-5-6-7-8-9-10-11-12-13-14-15-16-17-18-19-22-29-23-20-21-25(26(2,3)4)24-30-31(27,28)32/h25H,5-24H2,1-4H3,(H-,27,28,32)/p+1. The minimum absolute atomic E-state index is 0.172. The zero-order valence-electron chi connectivity index (χ0n) is 21.7. The van der Waals surface area contributed by atoms with Gasteiger partial charge < -0.3 is 23.5 Å². The van der Waals surface area contributed by atoms with Gasteiger partial charge in [0.25, 0.3) is 0 Å². The maximum atomic E-state index is 9.29. The Morgan fingerprint density at radius 1 is 0.688 bits per heavy atom. The molecule has 0 aromatic carbocycles. The predicted molar refractivity (Wildman–Crippen MR) is 141 cm³/mol. The van der Waals surface area contributed by atoms with Crippen LogP contribution in [0.1, 0.15) is 116 Å². The summed E-state index contributed by atoms with van der Waals surface area (Å²) in [6.07, 6.45) is 22.6. The largest absolute Gasteiger partial charge is 0.381 e. The third kappa shape index (κ3) is 23.6. The van der Waals surface area contributed by atoms with E-state index in [4.69, 9.17) is 9.26 Å². The van der Waals surface area contributed by atoms with Gasteiger partial charge in [-0.25, -0.2) is 0 Å². The van der Waals surface area contributed by atoms with E-state index in [1.165, 1.54) is 89.9 Å². The number of nitrogens with zero attached hydrogens (tertiary/aromatic N) is 1. The van der Waals surface area contributed by atoms with Gasteiger partial charge in [-0.1, -0.05) is 96.8 Å². The highest BCUT2D eigenvalue weighted by Crippen LogP contribution is 2.37. The second-order valence-electron chi connectivity index (χ2n) is 10.3. The molecule has 2 N–H and O–H groups in total. The fourth-order valence-corrected chi connectivity index (χ4v) is 4.52. The lowest BCUT2D eigenvalue weighted by Gasteiger charge is -2.34. The van der Waals surface area contributed by atoms with Crippen LogP contribution in [0, 0.1) is 0 Å². The molecule has 0 aromatic heterocycles. The van der Waals surface area contributed by atoms with E-state index in [1.54, 1.807) is 0 Å². The zero-order valence-corrected chi connectivity index (χ0v) is 23.4. The third-order valence-electron chi connectivity index (χ3n) is 6.25.